The molecule has 0 spiro atoms. The Hall–Kier alpha value is -0.0800. The van der Waals surface area contributed by atoms with Crippen LogP contribution in [-0.2, 0) is 4.84 Å². The summed E-state index contributed by atoms with van der Waals surface area (Å²) >= 11 is 0. The van der Waals surface area contributed by atoms with Crippen LogP contribution in [0.1, 0.15) is 86.0 Å². The number of rotatable bonds is 8. The molecule has 2 nitrogen and oxygen atoms in total. The largest absolute Gasteiger partial charge is 0.292 e. The van der Waals surface area contributed by atoms with Crippen LogP contribution in [-0.4, -0.2) is 23.8 Å². The van der Waals surface area contributed by atoms with Gasteiger partial charge >= 0.3 is 0 Å². The zero-order valence-electron chi connectivity index (χ0n) is 13.9. The lowest BCUT2D eigenvalue weighted by atomic mass is 9.73. The highest BCUT2D eigenvalue weighted by atomic mass is 16.7. The van der Waals surface area contributed by atoms with E-state index in [1.54, 1.807) is 0 Å². The van der Waals surface area contributed by atoms with Crippen LogP contribution in [0, 0.1) is 5.41 Å². The van der Waals surface area contributed by atoms with Gasteiger partial charge in [0.15, 0.2) is 0 Å². The second-order valence-corrected chi connectivity index (χ2v) is 7.29. The van der Waals surface area contributed by atoms with Gasteiger partial charge in [-0.25, -0.2) is 0 Å². The van der Waals surface area contributed by atoms with Gasteiger partial charge < -0.3 is 0 Å². The average molecular weight is 269 g/mol. The molecule has 0 unspecified atom stereocenters. The van der Waals surface area contributed by atoms with Crippen LogP contribution in [0.15, 0.2) is 0 Å². The minimum atomic E-state index is -0.0729. The summed E-state index contributed by atoms with van der Waals surface area (Å²) in [6.45, 7) is 13.7. The van der Waals surface area contributed by atoms with Crippen molar-refractivity contribution in [3.8, 4) is 0 Å². The molecule has 2 heteroatoms. The molecule has 0 aromatic carbocycles. The second kappa shape index (κ2) is 7.64. The molecule has 0 atom stereocenters. The van der Waals surface area contributed by atoms with Crippen LogP contribution < -0.4 is 0 Å². The molecule has 0 N–H and O–H groups in total. The molecule has 1 aliphatic heterocycles. The SMILES string of the molecule is CCCCCCC(C)(C)C(C)(C)ON1CCCCC1. The van der Waals surface area contributed by atoms with E-state index >= 15 is 0 Å². The fourth-order valence-electron chi connectivity index (χ4n) is 2.70. The topological polar surface area (TPSA) is 12.5 Å². The van der Waals surface area contributed by atoms with E-state index in [0.29, 0.717) is 0 Å². The van der Waals surface area contributed by atoms with Crippen molar-refractivity contribution in [1.29, 1.82) is 0 Å². The molecular weight excluding hydrogens is 234 g/mol. The van der Waals surface area contributed by atoms with Gasteiger partial charge in [0.1, 0.15) is 0 Å². The zero-order valence-corrected chi connectivity index (χ0v) is 13.9. The number of unbranched alkanes of at least 4 members (excludes halogenated alkanes) is 3. The Morgan fingerprint density at radius 3 is 2.11 bits per heavy atom. The van der Waals surface area contributed by atoms with Gasteiger partial charge in [-0.1, -0.05) is 52.9 Å². The Labute approximate surface area is 120 Å². The fourth-order valence-corrected chi connectivity index (χ4v) is 2.70. The first-order chi connectivity index (χ1) is 8.89. The number of hydrogen-bond acceptors (Lipinski definition) is 2. The van der Waals surface area contributed by atoms with Gasteiger partial charge in [0.05, 0.1) is 5.60 Å². The fraction of sp³-hybridized carbons (Fsp3) is 1.00. The lowest BCUT2D eigenvalue weighted by Crippen LogP contribution is -2.48. The first-order valence-corrected chi connectivity index (χ1v) is 8.33. The predicted octanol–water partition coefficient (Wildman–Crippen LogP) is 5.18. The molecule has 0 aliphatic carbocycles. The summed E-state index contributed by atoms with van der Waals surface area (Å²) in [7, 11) is 0. The Morgan fingerprint density at radius 1 is 0.895 bits per heavy atom. The minimum absolute atomic E-state index is 0.0729. The summed E-state index contributed by atoms with van der Waals surface area (Å²) < 4.78 is 0. The van der Waals surface area contributed by atoms with E-state index in [2.05, 4.69) is 39.7 Å². The van der Waals surface area contributed by atoms with Gasteiger partial charge in [0.2, 0.25) is 0 Å². The summed E-state index contributed by atoms with van der Waals surface area (Å²) in [6, 6.07) is 0. The van der Waals surface area contributed by atoms with E-state index in [4.69, 9.17) is 4.84 Å². The zero-order chi connectivity index (χ0) is 14.4. The van der Waals surface area contributed by atoms with E-state index in [0.717, 1.165) is 13.1 Å². The molecule has 114 valence electrons. The Kier molecular flexibility index (Phi) is 6.82. The van der Waals surface area contributed by atoms with Crippen molar-refractivity contribution in [2.24, 2.45) is 5.41 Å². The maximum Gasteiger partial charge on any atom is 0.0894 e. The third kappa shape index (κ3) is 5.43. The molecule has 0 aromatic heterocycles. The molecule has 1 saturated heterocycles. The van der Waals surface area contributed by atoms with Crippen LogP contribution in [0.25, 0.3) is 0 Å². The lowest BCUT2D eigenvalue weighted by molar-refractivity contribution is -0.274. The van der Waals surface area contributed by atoms with Crippen molar-refractivity contribution in [3.05, 3.63) is 0 Å². The summed E-state index contributed by atoms with van der Waals surface area (Å²) in [6.07, 6.45) is 10.6. The molecule has 0 bridgehead atoms. The van der Waals surface area contributed by atoms with E-state index < -0.39 is 0 Å². The van der Waals surface area contributed by atoms with Crippen LogP contribution in [0.3, 0.4) is 0 Å². The van der Waals surface area contributed by atoms with Crippen LogP contribution >= 0.6 is 0 Å². The average Bonchev–Trinajstić information content (AvgIpc) is 2.35. The Morgan fingerprint density at radius 2 is 1.53 bits per heavy atom. The Bertz CT molecular complexity index is 242. The highest BCUT2D eigenvalue weighted by Gasteiger charge is 2.39. The smallest absolute Gasteiger partial charge is 0.0894 e. The van der Waals surface area contributed by atoms with Gasteiger partial charge in [-0.2, -0.15) is 5.06 Å². The van der Waals surface area contributed by atoms with Crippen LogP contribution in [0.2, 0.25) is 0 Å². The maximum absolute atomic E-state index is 6.33. The van der Waals surface area contributed by atoms with Crippen molar-refractivity contribution in [2.75, 3.05) is 13.1 Å². The molecule has 19 heavy (non-hydrogen) atoms. The minimum Gasteiger partial charge on any atom is -0.292 e. The maximum atomic E-state index is 6.33. The molecule has 0 radical (unpaired) electrons. The first kappa shape index (κ1) is 17.0. The van der Waals surface area contributed by atoms with Gasteiger partial charge in [-0.3, -0.25) is 4.84 Å². The summed E-state index contributed by atoms with van der Waals surface area (Å²) in [4.78, 5) is 6.33. The van der Waals surface area contributed by atoms with Gasteiger partial charge in [-0.05, 0) is 38.5 Å². The molecule has 1 heterocycles. The number of nitrogens with zero attached hydrogens (tertiary/aromatic N) is 1. The van der Waals surface area contributed by atoms with Crippen LogP contribution in [0.4, 0.5) is 0 Å². The van der Waals surface area contributed by atoms with Crippen molar-refractivity contribution >= 4 is 0 Å². The number of piperidine rings is 1. The van der Waals surface area contributed by atoms with E-state index in [1.807, 2.05) is 0 Å². The molecule has 0 amide bonds. The second-order valence-electron chi connectivity index (χ2n) is 7.29. The molecule has 1 aliphatic rings. The molecule has 1 fully saturated rings. The summed E-state index contributed by atoms with van der Waals surface area (Å²) in [5.41, 5.74) is 0.161. The third-order valence-corrected chi connectivity index (χ3v) is 4.96. The molecular formula is C17H35NO. The van der Waals surface area contributed by atoms with Gasteiger partial charge in [-0.15, -0.1) is 0 Å². The monoisotopic (exact) mass is 269 g/mol. The van der Waals surface area contributed by atoms with E-state index in [-0.39, 0.29) is 11.0 Å². The highest BCUT2D eigenvalue weighted by Crippen LogP contribution is 2.39. The van der Waals surface area contributed by atoms with Crippen molar-refractivity contribution in [1.82, 2.24) is 5.06 Å². The van der Waals surface area contributed by atoms with Crippen molar-refractivity contribution in [2.45, 2.75) is 91.6 Å². The third-order valence-electron chi connectivity index (χ3n) is 4.96. The van der Waals surface area contributed by atoms with Gasteiger partial charge in [0.25, 0.3) is 0 Å². The van der Waals surface area contributed by atoms with Crippen LogP contribution in [0.5, 0.6) is 0 Å². The van der Waals surface area contributed by atoms with Crippen molar-refractivity contribution < 1.29 is 4.84 Å². The summed E-state index contributed by atoms with van der Waals surface area (Å²) in [5, 5.41) is 2.21. The molecule has 0 aromatic rings. The van der Waals surface area contributed by atoms with E-state index in [9.17, 15) is 0 Å². The highest BCUT2D eigenvalue weighted by molar-refractivity contribution is 4.87. The summed E-state index contributed by atoms with van der Waals surface area (Å²) in [5.74, 6) is 0. The normalized spacial score (nSPS) is 18.8. The standard InChI is InChI=1S/C17H35NO/c1-6-7-8-10-13-16(2,3)17(4,5)19-18-14-11-9-12-15-18/h6-15H2,1-5H3. The number of hydroxylamine groups is 2. The van der Waals surface area contributed by atoms with Gasteiger partial charge in [0, 0.05) is 13.1 Å². The molecule has 1 rings (SSSR count). The predicted molar refractivity (Wildman–Crippen MR) is 83.1 cm³/mol. The van der Waals surface area contributed by atoms with Crippen molar-refractivity contribution in [3.63, 3.8) is 0 Å². The first-order valence-electron chi connectivity index (χ1n) is 8.33. The number of hydrogen-bond donors (Lipinski definition) is 0. The lowest BCUT2D eigenvalue weighted by Gasteiger charge is -2.45. The molecule has 0 saturated carbocycles. The van der Waals surface area contributed by atoms with E-state index in [1.165, 1.54) is 51.4 Å². The Balaban J connectivity index is 2.42. The quantitative estimate of drug-likeness (QED) is 0.563.